The summed E-state index contributed by atoms with van der Waals surface area (Å²) in [6.45, 7) is 1.76. The van der Waals surface area contributed by atoms with E-state index in [0.29, 0.717) is 17.4 Å². The van der Waals surface area contributed by atoms with Crippen LogP contribution in [0.3, 0.4) is 0 Å². The van der Waals surface area contributed by atoms with Gasteiger partial charge in [-0.25, -0.2) is 0 Å². The summed E-state index contributed by atoms with van der Waals surface area (Å²) in [6.07, 6.45) is 0.985. The summed E-state index contributed by atoms with van der Waals surface area (Å²) >= 11 is 0. The fourth-order valence-corrected chi connectivity index (χ4v) is 1.65. The highest BCUT2D eigenvalue weighted by atomic mass is 16.3. The monoisotopic (exact) mass is 238 g/mol. The molecule has 1 aliphatic rings. The average Bonchev–Trinajstić information content (AvgIpc) is 3.14. The molecule has 90 valence electrons. The summed E-state index contributed by atoms with van der Waals surface area (Å²) in [5, 5.41) is 8.85. The summed E-state index contributed by atoms with van der Waals surface area (Å²) in [5.74, 6) is 12.3. The van der Waals surface area contributed by atoms with Gasteiger partial charge >= 0.3 is 0 Å². The van der Waals surface area contributed by atoms with E-state index >= 15 is 0 Å². The number of hydrogen-bond acceptors (Lipinski definition) is 2. The molecular weight excluding hydrogens is 224 g/mol. The van der Waals surface area contributed by atoms with Crippen LogP contribution in [0, 0.1) is 35.5 Å². The summed E-state index contributed by atoms with van der Waals surface area (Å²) < 4.78 is 0. The van der Waals surface area contributed by atoms with Crippen LogP contribution in [0.25, 0.3) is 0 Å². The first-order valence-corrected chi connectivity index (χ1v) is 5.94. The Kier molecular flexibility index (Phi) is 3.82. The largest absolute Gasteiger partial charge is 0.396 e. The van der Waals surface area contributed by atoms with Gasteiger partial charge < -0.3 is 5.11 Å². The molecule has 0 saturated heterocycles. The lowest BCUT2D eigenvalue weighted by Gasteiger charge is -1.93. The number of ketones is 1. The van der Waals surface area contributed by atoms with E-state index in [4.69, 9.17) is 5.11 Å². The van der Waals surface area contributed by atoms with E-state index in [9.17, 15) is 4.79 Å². The van der Waals surface area contributed by atoms with Crippen molar-refractivity contribution in [2.45, 2.75) is 13.3 Å². The molecule has 0 amide bonds. The van der Waals surface area contributed by atoms with E-state index in [1.807, 2.05) is 12.1 Å². The Morgan fingerprint density at radius 1 is 1.33 bits per heavy atom. The third-order valence-electron chi connectivity index (χ3n) is 2.98. The van der Waals surface area contributed by atoms with Crippen molar-refractivity contribution in [3.63, 3.8) is 0 Å². The van der Waals surface area contributed by atoms with E-state index in [1.165, 1.54) is 0 Å². The number of carbonyl (C=O) groups excluding carboxylic acids is 1. The first-order valence-electron chi connectivity index (χ1n) is 5.94. The summed E-state index contributed by atoms with van der Waals surface area (Å²) in [6, 6.07) is 7.17. The third kappa shape index (κ3) is 3.23. The fraction of sp³-hybridized carbons (Fsp3) is 0.312. The average molecular weight is 238 g/mol. The second kappa shape index (κ2) is 5.54. The molecule has 2 heteroatoms. The van der Waals surface area contributed by atoms with E-state index in [0.717, 1.165) is 12.0 Å². The fourth-order valence-electron chi connectivity index (χ4n) is 1.65. The van der Waals surface area contributed by atoms with Crippen molar-refractivity contribution < 1.29 is 9.90 Å². The molecule has 1 N–H and O–H groups in total. The van der Waals surface area contributed by atoms with Crippen molar-refractivity contribution in [2.24, 2.45) is 11.8 Å². The maximum absolute atomic E-state index is 11.1. The van der Waals surface area contributed by atoms with Gasteiger partial charge in [0, 0.05) is 23.7 Å². The van der Waals surface area contributed by atoms with Crippen LogP contribution in [-0.4, -0.2) is 17.5 Å². The lowest BCUT2D eigenvalue weighted by atomic mass is 10.1. The lowest BCUT2D eigenvalue weighted by Crippen LogP contribution is -1.90. The van der Waals surface area contributed by atoms with Gasteiger partial charge in [-0.1, -0.05) is 24.0 Å². The normalized spacial score (nSPS) is 20.1. The number of aliphatic hydroxyl groups excluding tert-OH is 1. The molecule has 2 nitrogen and oxygen atoms in total. The molecule has 1 aliphatic carbocycles. The van der Waals surface area contributed by atoms with Crippen LogP contribution in [0.2, 0.25) is 0 Å². The predicted octanol–water partition coefficient (Wildman–Crippen LogP) is 1.87. The van der Waals surface area contributed by atoms with Gasteiger partial charge in [-0.2, -0.15) is 0 Å². The number of rotatable bonds is 2. The summed E-state index contributed by atoms with van der Waals surface area (Å²) in [4.78, 5) is 11.1. The zero-order valence-electron chi connectivity index (χ0n) is 10.2. The standard InChI is InChI=1S/C16H14O2/c1-12(18)14-8-6-13(7-9-14)4-2-3-5-15-10-16(15)11-17/h6-9,15-17H,10-11H2,1H3/t15-,16?/m0/s1. The molecule has 0 heterocycles. The molecule has 0 aromatic heterocycles. The van der Waals surface area contributed by atoms with Crippen LogP contribution in [0.4, 0.5) is 0 Å². The molecule has 0 aliphatic heterocycles. The van der Waals surface area contributed by atoms with Gasteiger partial charge in [-0.05, 0) is 43.2 Å². The number of benzene rings is 1. The molecule has 1 unspecified atom stereocenters. The zero-order chi connectivity index (χ0) is 13.0. The van der Waals surface area contributed by atoms with Crippen LogP contribution in [0.15, 0.2) is 24.3 Å². The molecule has 1 aromatic rings. The van der Waals surface area contributed by atoms with E-state index in [2.05, 4.69) is 23.7 Å². The molecule has 1 aromatic carbocycles. The third-order valence-corrected chi connectivity index (χ3v) is 2.98. The summed E-state index contributed by atoms with van der Waals surface area (Å²) in [7, 11) is 0. The molecule has 2 rings (SSSR count). The van der Waals surface area contributed by atoms with E-state index in [1.54, 1.807) is 19.1 Å². The SMILES string of the molecule is CC(=O)c1ccc(C#CC#C[C@H]2CC2CO)cc1. The number of carbonyl (C=O) groups is 1. The Balaban J connectivity index is 1.96. The number of Topliss-reactive ketones (excluding diaryl/α,β-unsaturated/α-hetero) is 1. The van der Waals surface area contributed by atoms with Crippen molar-refractivity contribution in [2.75, 3.05) is 6.61 Å². The Hall–Kier alpha value is -2.03. The molecule has 2 atom stereocenters. The van der Waals surface area contributed by atoms with Gasteiger partial charge in [0.15, 0.2) is 5.78 Å². The number of aliphatic hydroxyl groups is 1. The zero-order valence-corrected chi connectivity index (χ0v) is 10.2. The van der Waals surface area contributed by atoms with Gasteiger partial charge in [-0.15, -0.1) is 0 Å². The lowest BCUT2D eigenvalue weighted by molar-refractivity contribution is 0.101. The van der Waals surface area contributed by atoms with Crippen LogP contribution >= 0.6 is 0 Å². The molecule has 18 heavy (non-hydrogen) atoms. The topological polar surface area (TPSA) is 37.3 Å². The van der Waals surface area contributed by atoms with Crippen molar-refractivity contribution in [3.8, 4) is 23.7 Å². The highest BCUT2D eigenvalue weighted by molar-refractivity contribution is 5.94. The summed E-state index contributed by atoms with van der Waals surface area (Å²) in [5.41, 5.74) is 1.54. The molecule has 0 radical (unpaired) electrons. The van der Waals surface area contributed by atoms with Crippen LogP contribution in [0.5, 0.6) is 0 Å². The van der Waals surface area contributed by atoms with Crippen LogP contribution in [0.1, 0.15) is 29.3 Å². The highest BCUT2D eigenvalue weighted by Crippen LogP contribution is 2.36. The second-order valence-electron chi connectivity index (χ2n) is 4.44. The Morgan fingerprint density at radius 2 is 2.06 bits per heavy atom. The van der Waals surface area contributed by atoms with Gasteiger partial charge in [-0.3, -0.25) is 4.79 Å². The van der Waals surface area contributed by atoms with Crippen molar-refractivity contribution in [3.05, 3.63) is 35.4 Å². The Labute approximate surface area is 107 Å². The van der Waals surface area contributed by atoms with Crippen molar-refractivity contribution in [1.29, 1.82) is 0 Å². The minimum atomic E-state index is 0.0538. The first kappa shape index (κ1) is 12.4. The van der Waals surface area contributed by atoms with E-state index in [-0.39, 0.29) is 12.4 Å². The van der Waals surface area contributed by atoms with Crippen LogP contribution < -0.4 is 0 Å². The predicted molar refractivity (Wildman–Crippen MR) is 69.8 cm³/mol. The maximum Gasteiger partial charge on any atom is 0.159 e. The molecule has 1 fully saturated rings. The molecule has 1 saturated carbocycles. The maximum atomic E-state index is 11.1. The minimum absolute atomic E-state index is 0.0538. The van der Waals surface area contributed by atoms with Crippen LogP contribution in [-0.2, 0) is 0 Å². The molecule has 0 spiro atoms. The van der Waals surface area contributed by atoms with Gasteiger partial charge in [0.2, 0.25) is 0 Å². The smallest absolute Gasteiger partial charge is 0.159 e. The van der Waals surface area contributed by atoms with Gasteiger partial charge in [0.05, 0.1) is 0 Å². The second-order valence-corrected chi connectivity index (χ2v) is 4.44. The van der Waals surface area contributed by atoms with E-state index < -0.39 is 0 Å². The van der Waals surface area contributed by atoms with Crippen molar-refractivity contribution >= 4 is 5.78 Å². The van der Waals surface area contributed by atoms with Gasteiger partial charge in [0.25, 0.3) is 0 Å². The van der Waals surface area contributed by atoms with Crippen molar-refractivity contribution in [1.82, 2.24) is 0 Å². The number of hydrogen-bond donors (Lipinski definition) is 1. The minimum Gasteiger partial charge on any atom is -0.396 e. The molecular formula is C16H14O2. The quantitative estimate of drug-likeness (QED) is 0.631. The first-order chi connectivity index (χ1) is 8.70. The Morgan fingerprint density at radius 3 is 2.61 bits per heavy atom. The highest BCUT2D eigenvalue weighted by Gasteiger charge is 2.34. The molecule has 0 bridgehead atoms. The Bertz CT molecular complexity index is 561. The van der Waals surface area contributed by atoms with Gasteiger partial charge in [0.1, 0.15) is 0 Å².